The number of morpholine rings is 1. The van der Waals surface area contributed by atoms with E-state index in [2.05, 4.69) is 21.7 Å². The van der Waals surface area contributed by atoms with Gasteiger partial charge < -0.3 is 29.7 Å². The van der Waals surface area contributed by atoms with Gasteiger partial charge in [0.05, 0.1) is 25.5 Å². The quantitative estimate of drug-likeness (QED) is 0.208. The van der Waals surface area contributed by atoms with Crippen LogP contribution < -0.4 is 20.3 Å². The lowest BCUT2D eigenvalue weighted by Crippen LogP contribution is -2.37. The van der Waals surface area contributed by atoms with Crippen molar-refractivity contribution < 1.29 is 18.6 Å². The van der Waals surface area contributed by atoms with Crippen LogP contribution in [0.15, 0.2) is 41.4 Å². The van der Waals surface area contributed by atoms with Crippen LogP contribution in [0.5, 0.6) is 5.75 Å². The van der Waals surface area contributed by atoms with Crippen LogP contribution >= 0.6 is 24.0 Å². The minimum absolute atomic E-state index is 0. The summed E-state index contributed by atoms with van der Waals surface area (Å²) in [5.41, 5.74) is 3.63. The van der Waals surface area contributed by atoms with Gasteiger partial charge in [-0.3, -0.25) is 4.99 Å². The number of rotatable bonds is 9. The number of anilines is 1. The van der Waals surface area contributed by atoms with E-state index in [4.69, 9.17) is 14.2 Å². The Labute approximate surface area is 212 Å². The van der Waals surface area contributed by atoms with Crippen LogP contribution in [-0.4, -0.2) is 59.6 Å². The summed E-state index contributed by atoms with van der Waals surface area (Å²) < 4.78 is 30.9. The smallest absolute Gasteiger partial charge is 0.191 e. The van der Waals surface area contributed by atoms with Crippen molar-refractivity contribution in [3.05, 3.63) is 58.9 Å². The van der Waals surface area contributed by atoms with Crippen LogP contribution in [0.2, 0.25) is 0 Å². The third-order valence-corrected chi connectivity index (χ3v) is 5.26. The summed E-state index contributed by atoms with van der Waals surface area (Å²) in [4.78, 5) is 6.29. The fourth-order valence-corrected chi connectivity index (χ4v) is 3.48. The maximum atomic E-state index is 14.6. The van der Waals surface area contributed by atoms with Gasteiger partial charge in [-0.2, -0.15) is 0 Å². The Kier molecular flexibility index (Phi) is 11.7. The molecule has 3 rings (SSSR count). The predicted molar refractivity (Wildman–Crippen MR) is 140 cm³/mol. The molecule has 0 bridgehead atoms. The maximum Gasteiger partial charge on any atom is 0.191 e. The lowest BCUT2D eigenvalue weighted by molar-refractivity contribution is 0.122. The number of aryl methyl sites for hydroxylation is 1. The van der Waals surface area contributed by atoms with E-state index in [1.54, 1.807) is 20.2 Å². The summed E-state index contributed by atoms with van der Waals surface area (Å²) in [6.45, 7) is 6.75. The van der Waals surface area contributed by atoms with Crippen molar-refractivity contribution in [2.75, 3.05) is 58.6 Å². The third-order valence-electron chi connectivity index (χ3n) is 5.26. The molecule has 0 unspecified atom stereocenters. The van der Waals surface area contributed by atoms with Crippen LogP contribution in [0.3, 0.4) is 0 Å². The molecule has 0 aliphatic carbocycles. The van der Waals surface area contributed by atoms with Crippen molar-refractivity contribution in [1.82, 2.24) is 10.6 Å². The van der Waals surface area contributed by atoms with Crippen molar-refractivity contribution in [3.8, 4) is 5.75 Å². The highest BCUT2D eigenvalue weighted by molar-refractivity contribution is 14.0. The number of hydrogen-bond acceptors (Lipinski definition) is 5. The van der Waals surface area contributed by atoms with Gasteiger partial charge in [0, 0.05) is 45.9 Å². The normalized spacial score (nSPS) is 13.9. The fraction of sp³-hybridized carbons (Fsp3) is 0.458. The number of guanidine groups is 1. The fourth-order valence-electron chi connectivity index (χ4n) is 3.48. The largest absolute Gasteiger partial charge is 0.491 e. The first-order valence-electron chi connectivity index (χ1n) is 10.9. The van der Waals surface area contributed by atoms with Gasteiger partial charge in [0.15, 0.2) is 5.96 Å². The van der Waals surface area contributed by atoms with E-state index in [0.717, 1.165) is 22.4 Å². The van der Waals surface area contributed by atoms with E-state index < -0.39 is 0 Å². The minimum Gasteiger partial charge on any atom is -0.491 e. The highest BCUT2D eigenvalue weighted by Gasteiger charge is 2.15. The molecule has 182 valence electrons. The van der Waals surface area contributed by atoms with E-state index in [0.29, 0.717) is 64.3 Å². The average Bonchev–Trinajstić information content (AvgIpc) is 2.81. The summed E-state index contributed by atoms with van der Waals surface area (Å²) in [5.74, 6) is 1.24. The van der Waals surface area contributed by atoms with Crippen LogP contribution in [0, 0.1) is 12.7 Å². The molecule has 1 aliphatic heterocycles. The highest BCUT2D eigenvalue weighted by atomic mass is 127. The van der Waals surface area contributed by atoms with E-state index >= 15 is 0 Å². The van der Waals surface area contributed by atoms with Crippen LogP contribution in [-0.2, 0) is 22.6 Å². The Morgan fingerprint density at radius 1 is 1.09 bits per heavy atom. The van der Waals surface area contributed by atoms with Gasteiger partial charge in [-0.25, -0.2) is 4.39 Å². The van der Waals surface area contributed by atoms with Gasteiger partial charge in [0.25, 0.3) is 0 Å². The average molecular weight is 572 g/mol. The minimum atomic E-state index is -0.216. The molecule has 0 saturated carbocycles. The molecule has 1 fully saturated rings. The number of ether oxygens (including phenoxy) is 3. The molecule has 0 radical (unpaired) electrons. The molecule has 0 amide bonds. The molecule has 1 heterocycles. The maximum absolute atomic E-state index is 14.6. The van der Waals surface area contributed by atoms with Gasteiger partial charge in [-0.05, 0) is 36.2 Å². The van der Waals surface area contributed by atoms with Gasteiger partial charge in [-0.15, -0.1) is 24.0 Å². The Hall–Kier alpha value is -2.11. The molecule has 2 aromatic carbocycles. The Balaban J connectivity index is 0.00000385. The first-order valence-corrected chi connectivity index (χ1v) is 10.9. The topological polar surface area (TPSA) is 67.4 Å². The summed E-state index contributed by atoms with van der Waals surface area (Å²) in [7, 11) is 3.36. The number of hydrogen-bond donors (Lipinski definition) is 2. The highest BCUT2D eigenvalue weighted by Crippen LogP contribution is 2.22. The summed E-state index contributed by atoms with van der Waals surface area (Å²) in [6, 6.07) is 11.5. The van der Waals surface area contributed by atoms with Crippen molar-refractivity contribution in [1.29, 1.82) is 0 Å². The van der Waals surface area contributed by atoms with Gasteiger partial charge in [-0.1, -0.05) is 18.2 Å². The van der Waals surface area contributed by atoms with E-state index in [1.165, 1.54) is 0 Å². The zero-order valence-electron chi connectivity index (χ0n) is 19.5. The number of nitrogens with zero attached hydrogens (tertiary/aromatic N) is 2. The second-order valence-electron chi connectivity index (χ2n) is 7.62. The molecular formula is C24H34FIN4O3. The third kappa shape index (κ3) is 8.31. The predicted octanol–water partition coefficient (Wildman–Crippen LogP) is 3.48. The molecule has 2 N–H and O–H groups in total. The standard InChI is InChI=1S/C24H33FN4O3.HI/c1-18-4-6-20(23(14-18)32-13-12-30-3)17-28-24(26-2)27-16-19-5-7-22(21(25)15-19)29-8-10-31-11-9-29;/h4-7,14-15H,8-13,16-17H2,1-3H3,(H2,26,27,28);1H. The number of nitrogens with one attached hydrogen (secondary N) is 2. The van der Waals surface area contributed by atoms with E-state index in [1.807, 2.05) is 36.1 Å². The summed E-state index contributed by atoms with van der Waals surface area (Å²) >= 11 is 0. The second kappa shape index (κ2) is 14.2. The van der Waals surface area contributed by atoms with Gasteiger partial charge in [0.1, 0.15) is 18.2 Å². The van der Waals surface area contributed by atoms with E-state index in [9.17, 15) is 4.39 Å². The second-order valence-corrected chi connectivity index (χ2v) is 7.62. The molecule has 9 heteroatoms. The Morgan fingerprint density at radius 3 is 2.55 bits per heavy atom. The van der Waals surface area contributed by atoms with Crippen molar-refractivity contribution >= 4 is 35.6 Å². The first kappa shape index (κ1) is 27.1. The lowest BCUT2D eigenvalue weighted by Gasteiger charge is -2.29. The van der Waals surface area contributed by atoms with Gasteiger partial charge >= 0.3 is 0 Å². The monoisotopic (exact) mass is 572 g/mol. The van der Waals surface area contributed by atoms with Crippen LogP contribution in [0.25, 0.3) is 0 Å². The SMILES string of the molecule is CN=C(NCc1ccc(N2CCOCC2)c(F)c1)NCc1ccc(C)cc1OCCOC.I. The molecule has 2 aromatic rings. The molecule has 0 spiro atoms. The van der Waals surface area contributed by atoms with Crippen molar-refractivity contribution in [2.45, 2.75) is 20.0 Å². The number of aliphatic imine (C=N–C) groups is 1. The van der Waals surface area contributed by atoms with Crippen LogP contribution in [0.4, 0.5) is 10.1 Å². The lowest BCUT2D eigenvalue weighted by atomic mass is 10.1. The first-order chi connectivity index (χ1) is 15.6. The molecule has 7 nitrogen and oxygen atoms in total. The zero-order chi connectivity index (χ0) is 22.8. The molecule has 0 atom stereocenters. The molecule has 1 aliphatic rings. The van der Waals surface area contributed by atoms with Crippen molar-refractivity contribution in [2.24, 2.45) is 4.99 Å². The van der Waals surface area contributed by atoms with E-state index in [-0.39, 0.29) is 29.8 Å². The van der Waals surface area contributed by atoms with Gasteiger partial charge in [0.2, 0.25) is 0 Å². The summed E-state index contributed by atoms with van der Waals surface area (Å²) in [5, 5.41) is 6.54. The summed E-state index contributed by atoms with van der Waals surface area (Å²) in [6.07, 6.45) is 0. The Morgan fingerprint density at radius 2 is 1.85 bits per heavy atom. The number of methoxy groups -OCH3 is 1. The molecule has 1 saturated heterocycles. The number of benzene rings is 2. The zero-order valence-corrected chi connectivity index (χ0v) is 21.9. The molecule has 33 heavy (non-hydrogen) atoms. The molecule has 0 aromatic heterocycles. The van der Waals surface area contributed by atoms with Crippen molar-refractivity contribution in [3.63, 3.8) is 0 Å². The molecular weight excluding hydrogens is 538 g/mol. The number of halogens is 2. The Bertz CT molecular complexity index is 907. The van der Waals surface area contributed by atoms with Crippen LogP contribution in [0.1, 0.15) is 16.7 Å².